The van der Waals surface area contributed by atoms with Gasteiger partial charge >= 0.3 is 0 Å². The molecule has 4 heteroatoms. The van der Waals surface area contributed by atoms with Gasteiger partial charge < -0.3 is 9.30 Å². The largest absolute Gasteiger partial charge is 0.484 e. The second-order valence-corrected chi connectivity index (χ2v) is 7.41. The van der Waals surface area contributed by atoms with E-state index >= 15 is 0 Å². The van der Waals surface area contributed by atoms with Crippen LogP contribution in [-0.4, -0.2) is 9.55 Å². The Labute approximate surface area is 174 Å². The molecule has 0 saturated carbocycles. The molecular weight excluding hydrogens is 380 g/mol. The monoisotopic (exact) mass is 398 g/mol. The molecule has 5 aromatic rings. The van der Waals surface area contributed by atoms with E-state index in [2.05, 4.69) is 53.1 Å². The summed E-state index contributed by atoms with van der Waals surface area (Å²) in [6.07, 6.45) is 0. The van der Waals surface area contributed by atoms with Crippen LogP contribution in [0, 0.1) is 0 Å². The van der Waals surface area contributed by atoms with Crippen molar-refractivity contribution >= 4 is 33.4 Å². The van der Waals surface area contributed by atoms with Crippen molar-refractivity contribution in [2.75, 3.05) is 0 Å². The van der Waals surface area contributed by atoms with E-state index in [0.717, 1.165) is 23.4 Å². The molecule has 0 unspecified atom stereocenters. The van der Waals surface area contributed by atoms with Crippen LogP contribution < -0.4 is 4.74 Å². The zero-order chi connectivity index (χ0) is 19.6. The Morgan fingerprint density at radius 1 is 0.793 bits per heavy atom. The molecule has 0 atom stereocenters. The Hall–Kier alpha value is -3.30. The molecule has 1 heterocycles. The van der Waals surface area contributed by atoms with E-state index in [0.29, 0.717) is 17.4 Å². The fourth-order valence-electron chi connectivity index (χ4n) is 3.64. The number of hydrogen-bond donors (Lipinski definition) is 0. The van der Waals surface area contributed by atoms with Crippen molar-refractivity contribution in [1.82, 2.24) is 9.55 Å². The maximum atomic E-state index is 6.24. The lowest BCUT2D eigenvalue weighted by Crippen LogP contribution is -2.08. The molecule has 0 amide bonds. The van der Waals surface area contributed by atoms with Crippen LogP contribution in [0.25, 0.3) is 21.8 Å². The van der Waals surface area contributed by atoms with Crippen molar-refractivity contribution in [1.29, 1.82) is 0 Å². The second kappa shape index (κ2) is 7.61. The lowest BCUT2D eigenvalue weighted by Gasteiger charge is -2.12. The van der Waals surface area contributed by atoms with Crippen molar-refractivity contribution in [3.8, 4) is 5.75 Å². The van der Waals surface area contributed by atoms with Crippen LogP contribution in [0.2, 0.25) is 5.02 Å². The molecule has 0 aliphatic rings. The van der Waals surface area contributed by atoms with Gasteiger partial charge in [0.05, 0.1) is 16.1 Å². The predicted octanol–water partition coefficient (Wildman–Crippen LogP) is 6.47. The van der Waals surface area contributed by atoms with E-state index in [1.807, 2.05) is 42.5 Å². The fourth-order valence-corrected chi connectivity index (χ4v) is 3.83. The van der Waals surface area contributed by atoms with Gasteiger partial charge in [0.15, 0.2) is 0 Å². The van der Waals surface area contributed by atoms with Crippen molar-refractivity contribution in [3.05, 3.63) is 107 Å². The molecule has 142 valence electrons. The number of benzene rings is 4. The lowest BCUT2D eigenvalue weighted by molar-refractivity contribution is 0.291. The molecule has 0 N–H and O–H groups in total. The van der Waals surface area contributed by atoms with Gasteiger partial charge in [-0.3, -0.25) is 0 Å². The summed E-state index contributed by atoms with van der Waals surface area (Å²) in [5, 5.41) is 3.09. The highest BCUT2D eigenvalue weighted by Gasteiger charge is 2.12. The highest BCUT2D eigenvalue weighted by molar-refractivity contribution is 6.32. The summed E-state index contributed by atoms with van der Waals surface area (Å²) in [5.74, 6) is 1.54. The number of hydrogen-bond acceptors (Lipinski definition) is 2. The Kier molecular flexibility index (Phi) is 4.66. The molecule has 0 aliphatic heterocycles. The molecule has 0 fully saturated rings. The second-order valence-electron chi connectivity index (χ2n) is 7.00. The average Bonchev–Trinajstić information content (AvgIpc) is 3.10. The third-order valence-corrected chi connectivity index (χ3v) is 5.39. The first-order valence-corrected chi connectivity index (χ1v) is 9.95. The van der Waals surface area contributed by atoms with Crippen molar-refractivity contribution in [2.45, 2.75) is 13.2 Å². The zero-order valence-electron chi connectivity index (χ0n) is 15.8. The van der Waals surface area contributed by atoms with Crippen LogP contribution in [0.5, 0.6) is 5.75 Å². The Morgan fingerprint density at radius 2 is 1.55 bits per heavy atom. The van der Waals surface area contributed by atoms with Gasteiger partial charge in [0.25, 0.3) is 0 Å². The Balaban J connectivity index is 1.51. The summed E-state index contributed by atoms with van der Waals surface area (Å²) < 4.78 is 8.20. The number of nitrogens with zero attached hydrogens (tertiary/aromatic N) is 2. The minimum Gasteiger partial charge on any atom is -0.484 e. The number of ether oxygens (including phenoxy) is 1. The number of imidazole rings is 1. The van der Waals surface area contributed by atoms with Crippen LogP contribution >= 0.6 is 11.6 Å². The SMILES string of the molecule is Clc1ccccc1OCc1nc2ccccc2n1Cc1ccc2ccccc2c1. The minimum atomic E-state index is 0.353. The van der Waals surface area contributed by atoms with Gasteiger partial charge in [-0.1, -0.05) is 72.3 Å². The Morgan fingerprint density at radius 3 is 2.45 bits per heavy atom. The van der Waals surface area contributed by atoms with E-state index in [4.69, 9.17) is 21.3 Å². The number of rotatable bonds is 5. The third kappa shape index (κ3) is 3.57. The zero-order valence-corrected chi connectivity index (χ0v) is 16.5. The average molecular weight is 399 g/mol. The molecule has 0 saturated heterocycles. The normalized spacial score (nSPS) is 11.2. The van der Waals surface area contributed by atoms with Gasteiger partial charge in [0, 0.05) is 6.54 Å². The highest BCUT2D eigenvalue weighted by Crippen LogP contribution is 2.26. The van der Waals surface area contributed by atoms with Gasteiger partial charge in [0.2, 0.25) is 0 Å². The van der Waals surface area contributed by atoms with Crippen LogP contribution in [0.3, 0.4) is 0 Å². The molecule has 0 aliphatic carbocycles. The molecule has 0 bridgehead atoms. The van der Waals surface area contributed by atoms with Gasteiger partial charge in [0.1, 0.15) is 18.2 Å². The molecule has 1 aromatic heterocycles. The maximum Gasteiger partial charge on any atom is 0.148 e. The fraction of sp³-hybridized carbons (Fsp3) is 0.0800. The minimum absolute atomic E-state index is 0.353. The van der Waals surface area contributed by atoms with Crippen molar-refractivity contribution < 1.29 is 4.74 Å². The van der Waals surface area contributed by atoms with E-state index in [1.54, 1.807) is 0 Å². The first kappa shape index (κ1) is 17.8. The van der Waals surface area contributed by atoms with Gasteiger partial charge in [-0.25, -0.2) is 4.98 Å². The van der Waals surface area contributed by atoms with E-state index < -0.39 is 0 Å². The third-order valence-electron chi connectivity index (χ3n) is 5.08. The standard InChI is InChI=1S/C25H19ClN2O/c26-21-9-3-6-12-24(21)29-17-25-27-22-10-4-5-11-23(22)28(25)16-18-13-14-19-7-1-2-8-20(19)15-18/h1-15H,16-17H2. The van der Waals surface area contributed by atoms with E-state index in [9.17, 15) is 0 Å². The lowest BCUT2D eigenvalue weighted by atomic mass is 10.1. The highest BCUT2D eigenvalue weighted by atomic mass is 35.5. The van der Waals surface area contributed by atoms with Crippen LogP contribution in [0.15, 0.2) is 91.0 Å². The quantitative estimate of drug-likeness (QED) is 0.339. The van der Waals surface area contributed by atoms with Gasteiger partial charge in [-0.05, 0) is 46.7 Å². The Bertz CT molecular complexity index is 1310. The first-order valence-electron chi connectivity index (χ1n) is 9.57. The molecule has 0 spiro atoms. The van der Waals surface area contributed by atoms with Crippen LogP contribution in [-0.2, 0) is 13.2 Å². The molecule has 3 nitrogen and oxygen atoms in total. The first-order chi connectivity index (χ1) is 14.3. The van der Waals surface area contributed by atoms with Gasteiger partial charge in [-0.2, -0.15) is 0 Å². The van der Waals surface area contributed by atoms with Crippen molar-refractivity contribution in [2.24, 2.45) is 0 Å². The van der Waals surface area contributed by atoms with Crippen LogP contribution in [0.4, 0.5) is 0 Å². The van der Waals surface area contributed by atoms with Crippen molar-refractivity contribution in [3.63, 3.8) is 0 Å². The predicted molar refractivity (Wildman–Crippen MR) is 119 cm³/mol. The summed E-state index contributed by atoms with van der Waals surface area (Å²) in [5.41, 5.74) is 3.29. The number of fused-ring (bicyclic) bond motifs is 2. The topological polar surface area (TPSA) is 27.1 Å². The number of para-hydroxylation sites is 3. The van der Waals surface area contributed by atoms with E-state index in [1.165, 1.54) is 16.3 Å². The maximum absolute atomic E-state index is 6.24. The molecular formula is C25H19ClN2O. The molecule has 4 aromatic carbocycles. The smallest absolute Gasteiger partial charge is 0.148 e. The summed E-state index contributed by atoms with van der Waals surface area (Å²) in [7, 11) is 0. The summed E-state index contributed by atoms with van der Waals surface area (Å²) in [6, 6.07) is 30.7. The molecule has 29 heavy (non-hydrogen) atoms. The number of halogens is 1. The molecule has 0 radical (unpaired) electrons. The summed E-state index contributed by atoms with van der Waals surface area (Å²) in [4.78, 5) is 4.81. The van der Waals surface area contributed by atoms with E-state index in [-0.39, 0.29) is 0 Å². The van der Waals surface area contributed by atoms with Crippen LogP contribution in [0.1, 0.15) is 11.4 Å². The summed E-state index contributed by atoms with van der Waals surface area (Å²) >= 11 is 6.24. The molecule has 5 rings (SSSR count). The van der Waals surface area contributed by atoms with Gasteiger partial charge in [-0.15, -0.1) is 0 Å². The summed E-state index contributed by atoms with van der Waals surface area (Å²) in [6.45, 7) is 1.08. The number of aromatic nitrogens is 2.